The summed E-state index contributed by atoms with van der Waals surface area (Å²) in [4.78, 5) is 29.2. The average Bonchev–Trinajstić information content (AvgIpc) is 2.49. The molecule has 1 aromatic heterocycles. The third kappa shape index (κ3) is 3.00. The second kappa shape index (κ2) is 6.25. The lowest BCUT2D eigenvalue weighted by Crippen LogP contribution is -2.43. The molecule has 20 heavy (non-hydrogen) atoms. The third-order valence-electron chi connectivity index (χ3n) is 3.07. The van der Waals surface area contributed by atoms with Crippen LogP contribution in [0.4, 0.5) is 5.69 Å². The molecule has 0 bridgehead atoms. The van der Waals surface area contributed by atoms with Gasteiger partial charge in [0.1, 0.15) is 0 Å². The Kier molecular flexibility index (Phi) is 4.42. The van der Waals surface area contributed by atoms with Crippen LogP contribution in [0.5, 0.6) is 0 Å². The van der Waals surface area contributed by atoms with E-state index in [9.17, 15) is 14.7 Å². The van der Waals surface area contributed by atoms with Crippen LogP contribution < -0.4 is 4.90 Å². The quantitative estimate of drug-likeness (QED) is 0.891. The molecule has 1 heterocycles. The molecule has 1 aromatic rings. The smallest absolute Gasteiger partial charge is 0.232 e. The number of aliphatic hydroxyl groups is 1. The SMILES string of the molecule is CC(CO)C(=O)N(c1cccnc1)C1C=CC(=O)C=C1. The Bertz CT molecular complexity index is 535. The van der Waals surface area contributed by atoms with E-state index in [1.165, 1.54) is 17.1 Å². The topological polar surface area (TPSA) is 70.5 Å². The summed E-state index contributed by atoms with van der Waals surface area (Å²) in [7, 11) is 0. The Morgan fingerprint density at radius 2 is 2.15 bits per heavy atom. The van der Waals surface area contributed by atoms with E-state index in [1.54, 1.807) is 43.6 Å². The third-order valence-corrected chi connectivity index (χ3v) is 3.07. The Morgan fingerprint density at radius 1 is 1.45 bits per heavy atom. The highest BCUT2D eigenvalue weighted by Crippen LogP contribution is 2.21. The largest absolute Gasteiger partial charge is 0.396 e. The number of hydrogen-bond donors (Lipinski definition) is 1. The normalized spacial score (nSPS) is 16.2. The summed E-state index contributed by atoms with van der Waals surface area (Å²) in [5, 5.41) is 9.19. The number of allylic oxidation sites excluding steroid dienone is 2. The minimum Gasteiger partial charge on any atom is -0.396 e. The van der Waals surface area contributed by atoms with Crippen LogP contribution in [0.1, 0.15) is 6.92 Å². The molecular weight excluding hydrogens is 256 g/mol. The Balaban J connectivity index is 2.35. The molecule has 2 rings (SSSR count). The van der Waals surface area contributed by atoms with E-state index < -0.39 is 5.92 Å². The molecule has 1 amide bonds. The van der Waals surface area contributed by atoms with Crippen molar-refractivity contribution >= 4 is 17.4 Å². The molecule has 0 radical (unpaired) electrons. The fourth-order valence-electron chi connectivity index (χ4n) is 1.94. The van der Waals surface area contributed by atoms with E-state index in [4.69, 9.17) is 0 Å². The van der Waals surface area contributed by atoms with Crippen molar-refractivity contribution in [3.05, 3.63) is 48.8 Å². The number of ketones is 1. The van der Waals surface area contributed by atoms with Gasteiger partial charge in [-0.05, 0) is 24.3 Å². The summed E-state index contributed by atoms with van der Waals surface area (Å²) in [5.41, 5.74) is 0.631. The van der Waals surface area contributed by atoms with Crippen LogP contribution in [0.15, 0.2) is 48.8 Å². The molecule has 1 N–H and O–H groups in total. The summed E-state index contributed by atoms with van der Waals surface area (Å²) < 4.78 is 0. The van der Waals surface area contributed by atoms with Crippen LogP contribution in [-0.2, 0) is 9.59 Å². The van der Waals surface area contributed by atoms with Gasteiger partial charge in [-0.3, -0.25) is 14.6 Å². The van der Waals surface area contributed by atoms with Gasteiger partial charge in [-0.25, -0.2) is 0 Å². The van der Waals surface area contributed by atoms with Crippen molar-refractivity contribution < 1.29 is 14.7 Å². The van der Waals surface area contributed by atoms with Gasteiger partial charge in [0.05, 0.1) is 30.5 Å². The first kappa shape index (κ1) is 14.1. The number of anilines is 1. The predicted molar refractivity (Wildman–Crippen MR) is 75.0 cm³/mol. The standard InChI is InChI=1S/C15H16N2O3/c1-11(10-18)15(20)17(13-3-2-8-16-9-13)12-4-6-14(19)7-5-12/h2-9,11-12,18H,10H2,1H3. The Hall–Kier alpha value is -2.27. The summed E-state index contributed by atoms with van der Waals surface area (Å²) in [5.74, 6) is -0.834. The molecule has 104 valence electrons. The molecule has 0 fully saturated rings. The molecule has 0 spiro atoms. The van der Waals surface area contributed by atoms with E-state index in [2.05, 4.69) is 4.98 Å². The average molecular weight is 272 g/mol. The van der Waals surface area contributed by atoms with E-state index in [0.717, 1.165) is 0 Å². The number of hydrogen-bond acceptors (Lipinski definition) is 4. The van der Waals surface area contributed by atoms with E-state index >= 15 is 0 Å². The summed E-state index contributed by atoms with van der Waals surface area (Å²) >= 11 is 0. The minimum absolute atomic E-state index is 0.102. The Labute approximate surface area is 117 Å². The Morgan fingerprint density at radius 3 is 2.70 bits per heavy atom. The fraction of sp³-hybridized carbons (Fsp3) is 0.267. The van der Waals surface area contributed by atoms with Gasteiger partial charge in [-0.1, -0.05) is 19.1 Å². The number of pyridine rings is 1. The molecule has 0 aliphatic heterocycles. The summed E-state index contributed by atoms with van der Waals surface area (Å²) in [6, 6.07) is 3.16. The van der Waals surface area contributed by atoms with Gasteiger partial charge >= 0.3 is 0 Å². The maximum atomic E-state index is 12.4. The van der Waals surface area contributed by atoms with Crippen molar-refractivity contribution in [1.29, 1.82) is 0 Å². The van der Waals surface area contributed by atoms with Crippen molar-refractivity contribution in [3.8, 4) is 0 Å². The first-order chi connectivity index (χ1) is 9.63. The molecular formula is C15H16N2O3. The highest BCUT2D eigenvalue weighted by molar-refractivity contribution is 6.02. The number of aromatic nitrogens is 1. The van der Waals surface area contributed by atoms with Gasteiger partial charge in [0.25, 0.3) is 0 Å². The predicted octanol–water partition coefficient (Wildman–Crippen LogP) is 1.11. The second-order valence-corrected chi connectivity index (χ2v) is 4.61. The summed E-state index contributed by atoms with van der Waals surface area (Å²) in [6.07, 6.45) is 9.41. The van der Waals surface area contributed by atoms with Crippen LogP contribution in [0, 0.1) is 5.92 Å². The van der Waals surface area contributed by atoms with Gasteiger partial charge in [-0.15, -0.1) is 0 Å². The second-order valence-electron chi connectivity index (χ2n) is 4.61. The van der Waals surface area contributed by atoms with Crippen molar-refractivity contribution in [1.82, 2.24) is 4.98 Å². The number of carbonyl (C=O) groups excluding carboxylic acids is 2. The van der Waals surface area contributed by atoms with E-state index in [1.807, 2.05) is 0 Å². The van der Waals surface area contributed by atoms with Gasteiger partial charge in [0.2, 0.25) is 5.91 Å². The lowest BCUT2D eigenvalue weighted by molar-refractivity contribution is -0.123. The zero-order valence-corrected chi connectivity index (χ0v) is 11.1. The molecule has 5 heteroatoms. The van der Waals surface area contributed by atoms with Crippen LogP contribution in [0.2, 0.25) is 0 Å². The van der Waals surface area contributed by atoms with Crippen molar-refractivity contribution in [2.45, 2.75) is 13.0 Å². The fourth-order valence-corrected chi connectivity index (χ4v) is 1.94. The van der Waals surface area contributed by atoms with E-state index in [0.29, 0.717) is 5.69 Å². The number of aliphatic hydroxyl groups excluding tert-OH is 1. The number of amides is 1. The molecule has 1 aliphatic carbocycles. The van der Waals surface area contributed by atoms with E-state index in [-0.39, 0.29) is 24.3 Å². The van der Waals surface area contributed by atoms with Gasteiger partial charge in [-0.2, -0.15) is 0 Å². The highest BCUT2D eigenvalue weighted by atomic mass is 16.3. The molecule has 1 unspecified atom stereocenters. The minimum atomic E-state index is -0.519. The summed E-state index contributed by atoms with van der Waals surface area (Å²) in [6.45, 7) is 1.43. The highest BCUT2D eigenvalue weighted by Gasteiger charge is 2.27. The molecule has 1 aliphatic rings. The van der Waals surface area contributed by atoms with Crippen molar-refractivity contribution in [2.24, 2.45) is 5.92 Å². The first-order valence-corrected chi connectivity index (χ1v) is 6.38. The van der Waals surface area contributed by atoms with Gasteiger partial charge in [0.15, 0.2) is 5.78 Å². The van der Waals surface area contributed by atoms with Crippen LogP contribution in [0.25, 0.3) is 0 Å². The monoisotopic (exact) mass is 272 g/mol. The number of carbonyl (C=O) groups is 2. The van der Waals surface area contributed by atoms with Crippen molar-refractivity contribution in [2.75, 3.05) is 11.5 Å². The maximum Gasteiger partial charge on any atom is 0.232 e. The number of rotatable bonds is 4. The molecule has 0 saturated carbocycles. The van der Waals surface area contributed by atoms with Gasteiger partial charge < -0.3 is 10.0 Å². The molecule has 1 atom stereocenters. The zero-order chi connectivity index (χ0) is 14.5. The molecule has 0 aromatic carbocycles. The van der Waals surface area contributed by atoms with Crippen molar-refractivity contribution in [3.63, 3.8) is 0 Å². The zero-order valence-electron chi connectivity index (χ0n) is 11.1. The molecule has 5 nitrogen and oxygen atoms in total. The van der Waals surface area contributed by atoms with Crippen LogP contribution in [0.3, 0.4) is 0 Å². The number of nitrogens with zero attached hydrogens (tertiary/aromatic N) is 2. The van der Waals surface area contributed by atoms with Crippen LogP contribution in [-0.4, -0.2) is 34.4 Å². The van der Waals surface area contributed by atoms with Gasteiger partial charge in [0, 0.05) is 6.20 Å². The molecule has 0 saturated heterocycles. The van der Waals surface area contributed by atoms with Crippen LogP contribution >= 0.6 is 0 Å². The first-order valence-electron chi connectivity index (χ1n) is 6.38. The lowest BCUT2D eigenvalue weighted by Gasteiger charge is -2.30. The lowest BCUT2D eigenvalue weighted by atomic mass is 10.0. The maximum absolute atomic E-state index is 12.4.